The number of benzene rings is 1. The number of halogens is 4. The molecule has 0 atom stereocenters. The predicted octanol–water partition coefficient (Wildman–Crippen LogP) is 4.64. The molecular formula is C22H15F4N5O2. The van der Waals surface area contributed by atoms with Crippen molar-refractivity contribution in [3.63, 3.8) is 0 Å². The zero-order valence-corrected chi connectivity index (χ0v) is 16.8. The van der Waals surface area contributed by atoms with Crippen molar-refractivity contribution in [2.24, 2.45) is 0 Å². The SMILES string of the molecule is O=C(NC1CC1)c1ccc(-n2cnc(-c3c(-c4ccc(F)cc4)noc3C(F)(F)F)c2)nc1. The summed E-state index contributed by atoms with van der Waals surface area (Å²) in [7, 11) is 0. The van der Waals surface area contributed by atoms with Crippen molar-refractivity contribution >= 4 is 5.91 Å². The average Bonchev–Trinajstić information content (AvgIpc) is 3.28. The smallest absolute Gasteiger partial charge is 0.350 e. The first-order chi connectivity index (χ1) is 15.8. The van der Waals surface area contributed by atoms with Crippen LogP contribution in [0.25, 0.3) is 28.3 Å². The Labute approximate surface area is 184 Å². The molecule has 7 nitrogen and oxygen atoms in total. The van der Waals surface area contributed by atoms with Crippen LogP contribution in [0.2, 0.25) is 0 Å². The molecule has 0 unspecified atom stereocenters. The lowest BCUT2D eigenvalue weighted by Gasteiger charge is -2.06. The number of nitrogens with zero attached hydrogens (tertiary/aromatic N) is 4. The maximum atomic E-state index is 13.6. The number of rotatable bonds is 5. The van der Waals surface area contributed by atoms with Crippen molar-refractivity contribution < 1.29 is 26.9 Å². The molecule has 0 aliphatic heterocycles. The summed E-state index contributed by atoms with van der Waals surface area (Å²) in [5.74, 6) is -1.73. The quantitative estimate of drug-likeness (QED) is 0.442. The third kappa shape index (κ3) is 4.21. The molecule has 1 N–H and O–H groups in total. The molecule has 0 saturated heterocycles. The Balaban J connectivity index is 1.49. The van der Waals surface area contributed by atoms with E-state index in [0.29, 0.717) is 11.4 Å². The van der Waals surface area contributed by atoms with Crippen LogP contribution in [0.1, 0.15) is 29.0 Å². The van der Waals surface area contributed by atoms with Gasteiger partial charge in [-0.25, -0.2) is 14.4 Å². The Morgan fingerprint density at radius 3 is 2.48 bits per heavy atom. The Kier molecular flexibility index (Phi) is 4.95. The average molecular weight is 457 g/mol. The first-order valence-electron chi connectivity index (χ1n) is 9.94. The van der Waals surface area contributed by atoms with Crippen LogP contribution in [-0.2, 0) is 6.18 Å². The van der Waals surface area contributed by atoms with Gasteiger partial charge in [0.25, 0.3) is 5.91 Å². The highest BCUT2D eigenvalue weighted by molar-refractivity contribution is 5.94. The molecule has 1 amide bonds. The number of imidazole rings is 1. The molecule has 1 aromatic carbocycles. The van der Waals surface area contributed by atoms with E-state index in [1.54, 1.807) is 12.1 Å². The van der Waals surface area contributed by atoms with Crippen LogP contribution in [0.5, 0.6) is 0 Å². The molecule has 33 heavy (non-hydrogen) atoms. The number of carbonyl (C=O) groups is 1. The fraction of sp³-hybridized carbons (Fsp3) is 0.182. The number of nitrogens with one attached hydrogen (secondary N) is 1. The second-order valence-corrected chi connectivity index (χ2v) is 7.56. The standard InChI is InChI=1S/C22H15F4N5O2/c23-14-4-1-12(2-5-14)19-18(20(33-30-19)22(24,25)26)16-10-31(11-28-16)17-8-3-13(9-27-17)21(32)29-15-6-7-15/h1-5,8-11,15H,6-7H2,(H,29,32). The van der Waals surface area contributed by atoms with E-state index in [0.717, 1.165) is 25.0 Å². The number of hydrogen-bond donors (Lipinski definition) is 1. The lowest BCUT2D eigenvalue weighted by Crippen LogP contribution is -2.25. The summed E-state index contributed by atoms with van der Waals surface area (Å²) in [5, 5.41) is 6.43. The second-order valence-electron chi connectivity index (χ2n) is 7.56. The van der Waals surface area contributed by atoms with Crippen molar-refractivity contribution in [2.45, 2.75) is 25.1 Å². The number of aromatic nitrogens is 4. The van der Waals surface area contributed by atoms with E-state index in [2.05, 4.69) is 25.0 Å². The maximum absolute atomic E-state index is 13.6. The molecular weight excluding hydrogens is 442 g/mol. The third-order valence-electron chi connectivity index (χ3n) is 5.09. The van der Waals surface area contributed by atoms with Gasteiger partial charge in [-0.2, -0.15) is 13.2 Å². The highest BCUT2D eigenvalue weighted by Gasteiger charge is 2.41. The van der Waals surface area contributed by atoms with Gasteiger partial charge in [0.2, 0.25) is 5.76 Å². The molecule has 1 saturated carbocycles. The Hall–Kier alpha value is -4.02. The fourth-order valence-electron chi connectivity index (χ4n) is 3.27. The van der Waals surface area contributed by atoms with Gasteiger partial charge in [-0.3, -0.25) is 9.36 Å². The molecule has 0 spiro atoms. The normalized spacial score (nSPS) is 13.8. The summed E-state index contributed by atoms with van der Waals surface area (Å²) in [4.78, 5) is 20.4. The monoisotopic (exact) mass is 457 g/mol. The summed E-state index contributed by atoms with van der Waals surface area (Å²) >= 11 is 0. The van der Waals surface area contributed by atoms with Gasteiger partial charge in [0.15, 0.2) is 0 Å². The van der Waals surface area contributed by atoms with Crippen LogP contribution in [0.4, 0.5) is 17.6 Å². The minimum absolute atomic E-state index is 0.0553. The first kappa shape index (κ1) is 20.9. The number of alkyl halides is 3. The summed E-state index contributed by atoms with van der Waals surface area (Å²) in [6.45, 7) is 0. The highest BCUT2D eigenvalue weighted by atomic mass is 19.4. The van der Waals surface area contributed by atoms with Gasteiger partial charge in [-0.1, -0.05) is 5.16 Å². The van der Waals surface area contributed by atoms with Crippen LogP contribution in [0, 0.1) is 5.82 Å². The lowest BCUT2D eigenvalue weighted by atomic mass is 10.0. The van der Waals surface area contributed by atoms with Gasteiger partial charge in [-0.15, -0.1) is 0 Å². The van der Waals surface area contributed by atoms with Crippen LogP contribution >= 0.6 is 0 Å². The summed E-state index contributed by atoms with van der Waals surface area (Å²) in [5.41, 5.74) is 0.0773. The number of amides is 1. The molecule has 3 aromatic heterocycles. The van der Waals surface area contributed by atoms with Gasteiger partial charge in [0.05, 0.1) is 16.8 Å². The fourth-order valence-corrected chi connectivity index (χ4v) is 3.27. The molecule has 0 bridgehead atoms. The van der Waals surface area contributed by atoms with E-state index < -0.39 is 17.8 Å². The second kappa shape index (κ2) is 7.84. The number of hydrogen-bond acceptors (Lipinski definition) is 5. The van der Waals surface area contributed by atoms with E-state index >= 15 is 0 Å². The van der Waals surface area contributed by atoms with Gasteiger partial charge >= 0.3 is 6.18 Å². The summed E-state index contributed by atoms with van der Waals surface area (Å²) in [6, 6.07) is 8.18. The van der Waals surface area contributed by atoms with E-state index in [1.165, 1.54) is 35.4 Å². The van der Waals surface area contributed by atoms with Crippen molar-refractivity contribution in [1.29, 1.82) is 0 Å². The minimum atomic E-state index is -4.82. The molecule has 0 radical (unpaired) electrons. The minimum Gasteiger partial charge on any atom is -0.350 e. The van der Waals surface area contributed by atoms with Crippen molar-refractivity contribution in [1.82, 2.24) is 25.0 Å². The Bertz CT molecular complexity index is 1310. The molecule has 11 heteroatoms. The van der Waals surface area contributed by atoms with Crippen molar-refractivity contribution in [2.75, 3.05) is 0 Å². The zero-order valence-electron chi connectivity index (χ0n) is 16.8. The first-order valence-corrected chi connectivity index (χ1v) is 9.94. The third-order valence-corrected chi connectivity index (χ3v) is 5.09. The molecule has 168 valence electrons. The van der Waals surface area contributed by atoms with E-state index in [9.17, 15) is 22.4 Å². The largest absolute Gasteiger partial charge is 0.453 e. The molecule has 1 fully saturated rings. The van der Waals surface area contributed by atoms with E-state index in [4.69, 9.17) is 0 Å². The topological polar surface area (TPSA) is 85.8 Å². The van der Waals surface area contributed by atoms with Gasteiger partial charge in [0.1, 0.15) is 23.7 Å². The molecule has 4 aromatic rings. The van der Waals surface area contributed by atoms with Gasteiger partial charge in [0, 0.05) is 24.0 Å². The molecule has 1 aliphatic rings. The summed E-state index contributed by atoms with van der Waals surface area (Å²) < 4.78 is 60.1. The van der Waals surface area contributed by atoms with Gasteiger partial charge in [-0.05, 0) is 49.2 Å². The zero-order chi connectivity index (χ0) is 23.2. The van der Waals surface area contributed by atoms with Crippen molar-refractivity contribution in [3.8, 4) is 28.3 Å². The van der Waals surface area contributed by atoms with Crippen LogP contribution in [0.15, 0.2) is 59.6 Å². The molecule has 1 aliphatic carbocycles. The number of carbonyl (C=O) groups excluding carboxylic acids is 1. The van der Waals surface area contributed by atoms with E-state index in [1.807, 2.05) is 0 Å². The van der Waals surface area contributed by atoms with Crippen LogP contribution in [0.3, 0.4) is 0 Å². The highest BCUT2D eigenvalue weighted by Crippen LogP contribution is 2.42. The van der Waals surface area contributed by atoms with Gasteiger partial charge < -0.3 is 9.84 Å². The summed E-state index contributed by atoms with van der Waals surface area (Å²) in [6.07, 6.45) is 1.12. The van der Waals surface area contributed by atoms with Crippen LogP contribution < -0.4 is 5.32 Å². The predicted molar refractivity (Wildman–Crippen MR) is 108 cm³/mol. The Morgan fingerprint density at radius 1 is 1.09 bits per heavy atom. The van der Waals surface area contributed by atoms with Crippen molar-refractivity contribution in [3.05, 3.63) is 72.3 Å². The lowest BCUT2D eigenvalue weighted by molar-refractivity contribution is -0.154. The van der Waals surface area contributed by atoms with E-state index in [-0.39, 0.29) is 34.5 Å². The maximum Gasteiger partial charge on any atom is 0.453 e. The molecule has 5 rings (SSSR count). The number of pyridine rings is 1. The molecule has 3 heterocycles. The van der Waals surface area contributed by atoms with Crippen LogP contribution in [-0.4, -0.2) is 31.6 Å². The Morgan fingerprint density at radius 2 is 1.85 bits per heavy atom.